The molecule has 1 atom stereocenters. The molecular formula is C13H16O3. The molecule has 1 aliphatic heterocycles. The van der Waals surface area contributed by atoms with E-state index in [-0.39, 0.29) is 11.7 Å². The lowest BCUT2D eigenvalue weighted by Gasteiger charge is -2.10. The lowest BCUT2D eigenvalue weighted by Crippen LogP contribution is -2.15. The van der Waals surface area contributed by atoms with Crippen LogP contribution in [-0.4, -0.2) is 26.1 Å². The van der Waals surface area contributed by atoms with Gasteiger partial charge in [-0.1, -0.05) is 0 Å². The van der Waals surface area contributed by atoms with Crippen LogP contribution in [0.25, 0.3) is 0 Å². The maximum atomic E-state index is 12.1. The Morgan fingerprint density at radius 1 is 1.50 bits per heavy atom. The zero-order valence-electron chi connectivity index (χ0n) is 9.66. The quantitative estimate of drug-likeness (QED) is 0.733. The Morgan fingerprint density at radius 3 is 2.88 bits per heavy atom. The summed E-state index contributed by atoms with van der Waals surface area (Å²) in [6.45, 7) is 3.20. The number of ether oxygens (including phenoxy) is 2. The second-order valence-electron chi connectivity index (χ2n) is 4.11. The molecule has 0 aliphatic carbocycles. The molecular weight excluding hydrogens is 204 g/mol. The van der Waals surface area contributed by atoms with Crippen LogP contribution in [0, 0.1) is 12.8 Å². The van der Waals surface area contributed by atoms with Gasteiger partial charge in [0.1, 0.15) is 5.75 Å². The molecule has 0 saturated carbocycles. The van der Waals surface area contributed by atoms with Gasteiger partial charge in [-0.3, -0.25) is 4.79 Å². The van der Waals surface area contributed by atoms with Gasteiger partial charge >= 0.3 is 0 Å². The molecule has 16 heavy (non-hydrogen) atoms. The molecule has 1 aromatic carbocycles. The second kappa shape index (κ2) is 4.66. The number of ketones is 1. The molecule has 0 aromatic heterocycles. The summed E-state index contributed by atoms with van der Waals surface area (Å²) in [5.74, 6) is 1.02. The molecule has 0 bridgehead atoms. The van der Waals surface area contributed by atoms with E-state index in [1.807, 2.05) is 25.1 Å². The van der Waals surface area contributed by atoms with Crippen molar-refractivity contribution in [2.45, 2.75) is 13.3 Å². The molecule has 1 saturated heterocycles. The van der Waals surface area contributed by atoms with Crippen molar-refractivity contribution in [3.8, 4) is 5.75 Å². The number of carbonyl (C=O) groups is 1. The van der Waals surface area contributed by atoms with E-state index in [2.05, 4.69) is 0 Å². The maximum absolute atomic E-state index is 12.1. The summed E-state index contributed by atoms with van der Waals surface area (Å²) in [5.41, 5.74) is 1.76. The van der Waals surface area contributed by atoms with E-state index in [9.17, 15) is 4.79 Å². The summed E-state index contributed by atoms with van der Waals surface area (Å²) in [5, 5.41) is 0. The molecule has 3 nitrogen and oxygen atoms in total. The molecule has 1 aromatic rings. The smallest absolute Gasteiger partial charge is 0.168 e. The van der Waals surface area contributed by atoms with Gasteiger partial charge in [-0.05, 0) is 37.1 Å². The third-order valence-corrected chi connectivity index (χ3v) is 3.00. The van der Waals surface area contributed by atoms with Crippen molar-refractivity contribution in [3.05, 3.63) is 29.3 Å². The maximum Gasteiger partial charge on any atom is 0.168 e. The van der Waals surface area contributed by atoms with Crippen LogP contribution in [0.5, 0.6) is 5.75 Å². The summed E-state index contributed by atoms with van der Waals surface area (Å²) >= 11 is 0. The standard InChI is InChI=1S/C13H16O3/c1-9-7-11(15-2)3-4-12(9)13(14)10-5-6-16-8-10/h3-4,7,10H,5-6,8H2,1-2H3. The number of benzene rings is 1. The van der Waals surface area contributed by atoms with Crippen molar-refractivity contribution in [1.29, 1.82) is 0 Å². The first-order valence-corrected chi connectivity index (χ1v) is 5.49. The van der Waals surface area contributed by atoms with Crippen molar-refractivity contribution in [2.75, 3.05) is 20.3 Å². The zero-order chi connectivity index (χ0) is 11.5. The van der Waals surface area contributed by atoms with Gasteiger partial charge in [0.25, 0.3) is 0 Å². The number of Topliss-reactive ketones (excluding diaryl/α,β-unsaturated/α-hetero) is 1. The van der Waals surface area contributed by atoms with Crippen LogP contribution in [0.1, 0.15) is 22.3 Å². The van der Waals surface area contributed by atoms with Gasteiger partial charge in [-0.15, -0.1) is 0 Å². The number of methoxy groups -OCH3 is 1. The van der Waals surface area contributed by atoms with Crippen LogP contribution in [0.4, 0.5) is 0 Å². The third kappa shape index (κ3) is 2.09. The Morgan fingerprint density at radius 2 is 2.31 bits per heavy atom. The molecule has 86 valence electrons. The average molecular weight is 220 g/mol. The minimum absolute atomic E-state index is 0.0343. The predicted octanol–water partition coefficient (Wildman–Crippen LogP) is 2.22. The summed E-state index contributed by atoms with van der Waals surface area (Å²) in [6.07, 6.45) is 0.838. The first kappa shape index (κ1) is 11.1. The molecule has 3 heteroatoms. The number of aryl methyl sites for hydroxylation is 1. The Hall–Kier alpha value is -1.35. The third-order valence-electron chi connectivity index (χ3n) is 3.00. The highest BCUT2D eigenvalue weighted by molar-refractivity contribution is 5.99. The summed E-state index contributed by atoms with van der Waals surface area (Å²) in [4.78, 5) is 12.1. The highest BCUT2D eigenvalue weighted by atomic mass is 16.5. The minimum Gasteiger partial charge on any atom is -0.497 e. The van der Waals surface area contributed by atoms with Gasteiger partial charge in [-0.2, -0.15) is 0 Å². The van der Waals surface area contributed by atoms with Crippen molar-refractivity contribution in [3.63, 3.8) is 0 Å². The molecule has 0 amide bonds. The highest BCUT2D eigenvalue weighted by Crippen LogP contribution is 2.23. The Kier molecular flexibility index (Phi) is 3.25. The lowest BCUT2D eigenvalue weighted by atomic mass is 9.94. The molecule has 0 spiro atoms. The van der Waals surface area contributed by atoms with Crippen molar-refractivity contribution < 1.29 is 14.3 Å². The number of rotatable bonds is 3. The molecule has 1 heterocycles. The molecule has 0 N–H and O–H groups in total. The zero-order valence-corrected chi connectivity index (χ0v) is 9.66. The topological polar surface area (TPSA) is 35.5 Å². The van der Waals surface area contributed by atoms with Crippen LogP contribution >= 0.6 is 0 Å². The van der Waals surface area contributed by atoms with E-state index in [0.29, 0.717) is 13.2 Å². The van der Waals surface area contributed by atoms with Crippen LogP contribution in [-0.2, 0) is 4.74 Å². The van der Waals surface area contributed by atoms with Crippen LogP contribution < -0.4 is 4.74 Å². The van der Waals surface area contributed by atoms with Crippen LogP contribution in [0.15, 0.2) is 18.2 Å². The first-order valence-electron chi connectivity index (χ1n) is 5.49. The summed E-state index contributed by atoms with van der Waals surface area (Å²) in [7, 11) is 1.63. The fraction of sp³-hybridized carbons (Fsp3) is 0.462. The van der Waals surface area contributed by atoms with Gasteiger partial charge in [0.15, 0.2) is 5.78 Å². The Labute approximate surface area is 95.4 Å². The van der Waals surface area contributed by atoms with E-state index in [1.54, 1.807) is 7.11 Å². The molecule has 1 fully saturated rings. The fourth-order valence-corrected chi connectivity index (χ4v) is 2.00. The van der Waals surface area contributed by atoms with E-state index in [4.69, 9.17) is 9.47 Å². The van der Waals surface area contributed by atoms with Crippen molar-refractivity contribution in [2.24, 2.45) is 5.92 Å². The molecule has 2 rings (SSSR count). The Balaban J connectivity index is 2.22. The fourth-order valence-electron chi connectivity index (χ4n) is 2.00. The number of carbonyl (C=O) groups excluding carboxylic acids is 1. The SMILES string of the molecule is COc1ccc(C(=O)C2CCOC2)c(C)c1. The number of hydrogen-bond acceptors (Lipinski definition) is 3. The Bertz CT molecular complexity index is 392. The van der Waals surface area contributed by atoms with Crippen molar-refractivity contribution in [1.82, 2.24) is 0 Å². The van der Waals surface area contributed by atoms with Gasteiger partial charge in [0.2, 0.25) is 0 Å². The van der Waals surface area contributed by atoms with Gasteiger partial charge in [-0.25, -0.2) is 0 Å². The summed E-state index contributed by atoms with van der Waals surface area (Å²) in [6, 6.07) is 5.56. The largest absolute Gasteiger partial charge is 0.497 e. The molecule has 1 unspecified atom stereocenters. The minimum atomic E-state index is 0.0343. The summed E-state index contributed by atoms with van der Waals surface area (Å²) < 4.78 is 10.4. The number of hydrogen-bond donors (Lipinski definition) is 0. The molecule has 0 radical (unpaired) electrons. The average Bonchev–Trinajstić information content (AvgIpc) is 2.81. The van der Waals surface area contributed by atoms with E-state index in [1.165, 1.54) is 0 Å². The normalized spacial score (nSPS) is 19.8. The van der Waals surface area contributed by atoms with E-state index >= 15 is 0 Å². The van der Waals surface area contributed by atoms with Gasteiger partial charge < -0.3 is 9.47 Å². The van der Waals surface area contributed by atoms with Gasteiger partial charge in [0, 0.05) is 18.1 Å². The lowest BCUT2D eigenvalue weighted by molar-refractivity contribution is 0.0899. The second-order valence-corrected chi connectivity index (χ2v) is 4.11. The highest BCUT2D eigenvalue weighted by Gasteiger charge is 2.25. The predicted molar refractivity (Wildman–Crippen MR) is 61.0 cm³/mol. The van der Waals surface area contributed by atoms with Crippen LogP contribution in [0.3, 0.4) is 0 Å². The van der Waals surface area contributed by atoms with E-state index < -0.39 is 0 Å². The molecule has 1 aliphatic rings. The monoisotopic (exact) mass is 220 g/mol. The van der Waals surface area contributed by atoms with Crippen LogP contribution in [0.2, 0.25) is 0 Å². The first-order chi connectivity index (χ1) is 7.72. The van der Waals surface area contributed by atoms with E-state index in [0.717, 1.165) is 23.3 Å². The van der Waals surface area contributed by atoms with Crippen molar-refractivity contribution >= 4 is 5.78 Å². The van der Waals surface area contributed by atoms with Gasteiger partial charge in [0.05, 0.1) is 13.7 Å².